The molecule has 11 heavy (non-hydrogen) atoms. The fourth-order valence-corrected chi connectivity index (χ4v) is 1.87. The van der Waals surface area contributed by atoms with Crippen molar-refractivity contribution in [3.8, 4) is 0 Å². The summed E-state index contributed by atoms with van der Waals surface area (Å²) < 4.78 is 20.9. The molecule has 0 saturated heterocycles. The minimum atomic E-state index is -2.37. The second-order valence-corrected chi connectivity index (χ2v) is 3.48. The molecule has 0 heterocycles. The van der Waals surface area contributed by atoms with Crippen LogP contribution in [-0.2, 0) is 11.1 Å². The second kappa shape index (κ2) is 3.54. The number of benzene rings is 1. The van der Waals surface area contributed by atoms with Crippen LogP contribution < -0.4 is 0 Å². The molecule has 0 aliphatic heterocycles. The van der Waals surface area contributed by atoms with Gasteiger partial charge in [0.15, 0.2) is 0 Å². The van der Waals surface area contributed by atoms with E-state index < -0.39 is 11.1 Å². The topological polar surface area (TPSA) is 40.1 Å². The van der Waals surface area contributed by atoms with Crippen LogP contribution in [0.3, 0.4) is 0 Å². The van der Waals surface area contributed by atoms with Crippen LogP contribution in [0, 0.1) is 0 Å². The van der Waals surface area contributed by atoms with Crippen LogP contribution in [0.1, 0.15) is 0 Å². The molecule has 0 saturated carbocycles. The van der Waals surface area contributed by atoms with Crippen molar-refractivity contribution < 1.29 is 8.76 Å². The molecule has 1 aromatic rings. The lowest BCUT2D eigenvalue weighted by molar-refractivity contribution is 0.537. The Hall–Kier alpha value is -0.0900. The Bertz CT molecular complexity index is 280. The minimum Gasteiger partial charge on any atom is -0.768 e. The normalized spacial score (nSPS) is 13.0. The lowest BCUT2D eigenvalue weighted by atomic mass is 10.4. The maximum absolute atomic E-state index is 10.5. The van der Waals surface area contributed by atoms with Gasteiger partial charge in [-0.1, -0.05) is 29.3 Å². The molecule has 0 aromatic heterocycles. The molecule has 0 radical (unpaired) electrons. The van der Waals surface area contributed by atoms with Crippen LogP contribution >= 0.6 is 23.2 Å². The number of rotatable bonds is 1. The standard InChI is InChI=1S/C6H4Cl2O2S/c7-4-2-1-3-5(8)6(4)11(9)10/h1-3H,(H,9,10)/p-1. The lowest BCUT2D eigenvalue weighted by Crippen LogP contribution is -1.90. The molecular weight excluding hydrogens is 207 g/mol. The van der Waals surface area contributed by atoms with Gasteiger partial charge in [0.05, 0.1) is 14.9 Å². The first-order chi connectivity index (χ1) is 5.13. The molecule has 1 unspecified atom stereocenters. The first-order valence-electron chi connectivity index (χ1n) is 2.66. The fourth-order valence-electron chi connectivity index (χ4n) is 0.642. The van der Waals surface area contributed by atoms with Gasteiger partial charge in [-0.2, -0.15) is 0 Å². The van der Waals surface area contributed by atoms with Crippen LogP contribution in [0.2, 0.25) is 10.0 Å². The Kier molecular flexibility index (Phi) is 2.90. The average molecular weight is 210 g/mol. The van der Waals surface area contributed by atoms with Crippen LogP contribution in [-0.4, -0.2) is 8.76 Å². The SMILES string of the molecule is O=S([O-])c1c(Cl)cccc1Cl. The zero-order valence-electron chi connectivity index (χ0n) is 5.21. The predicted molar refractivity (Wildman–Crippen MR) is 43.6 cm³/mol. The van der Waals surface area contributed by atoms with E-state index in [0.717, 1.165) is 0 Å². The first kappa shape index (κ1) is 9.00. The minimum absolute atomic E-state index is 0.0455. The highest BCUT2D eigenvalue weighted by Crippen LogP contribution is 2.26. The third kappa shape index (κ3) is 1.93. The molecule has 0 fully saturated rings. The first-order valence-corrected chi connectivity index (χ1v) is 4.49. The zero-order valence-corrected chi connectivity index (χ0v) is 7.54. The highest BCUT2D eigenvalue weighted by molar-refractivity contribution is 7.79. The monoisotopic (exact) mass is 209 g/mol. The average Bonchev–Trinajstić information content (AvgIpc) is 1.85. The number of halogens is 2. The molecule has 0 aliphatic rings. The van der Waals surface area contributed by atoms with Crippen molar-refractivity contribution in [1.29, 1.82) is 0 Å². The molecule has 1 rings (SSSR count). The highest BCUT2D eigenvalue weighted by Gasteiger charge is 2.04. The molecule has 60 valence electrons. The van der Waals surface area contributed by atoms with Crippen molar-refractivity contribution in [2.75, 3.05) is 0 Å². The Balaban J connectivity index is 3.32. The van der Waals surface area contributed by atoms with Crippen molar-refractivity contribution in [2.24, 2.45) is 0 Å². The van der Waals surface area contributed by atoms with Gasteiger partial charge in [-0.15, -0.1) is 0 Å². The van der Waals surface area contributed by atoms with Crippen LogP contribution in [0.4, 0.5) is 0 Å². The van der Waals surface area contributed by atoms with Crippen molar-refractivity contribution in [1.82, 2.24) is 0 Å². The molecule has 2 nitrogen and oxygen atoms in total. The smallest absolute Gasteiger partial charge is 0.0621 e. The summed E-state index contributed by atoms with van der Waals surface area (Å²) in [6.07, 6.45) is 0. The van der Waals surface area contributed by atoms with Gasteiger partial charge in [-0.05, 0) is 23.2 Å². The van der Waals surface area contributed by atoms with E-state index in [4.69, 9.17) is 23.2 Å². The molecule has 0 spiro atoms. The van der Waals surface area contributed by atoms with E-state index in [1.807, 2.05) is 0 Å². The van der Waals surface area contributed by atoms with E-state index in [1.54, 1.807) is 6.07 Å². The van der Waals surface area contributed by atoms with Gasteiger partial charge >= 0.3 is 0 Å². The largest absolute Gasteiger partial charge is 0.768 e. The third-order valence-electron chi connectivity index (χ3n) is 1.09. The van der Waals surface area contributed by atoms with E-state index in [9.17, 15) is 8.76 Å². The Morgan fingerprint density at radius 3 is 2.00 bits per heavy atom. The maximum Gasteiger partial charge on any atom is 0.0621 e. The molecule has 1 atom stereocenters. The zero-order chi connectivity index (χ0) is 8.43. The second-order valence-electron chi connectivity index (χ2n) is 1.79. The molecule has 0 bridgehead atoms. The summed E-state index contributed by atoms with van der Waals surface area (Å²) >= 11 is 8.73. The Morgan fingerprint density at radius 2 is 1.73 bits per heavy atom. The van der Waals surface area contributed by atoms with Gasteiger partial charge in [-0.3, -0.25) is 4.21 Å². The van der Waals surface area contributed by atoms with Crippen molar-refractivity contribution in [3.05, 3.63) is 28.2 Å². The highest BCUT2D eigenvalue weighted by atomic mass is 35.5. The molecule has 0 aliphatic carbocycles. The lowest BCUT2D eigenvalue weighted by Gasteiger charge is -2.08. The van der Waals surface area contributed by atoms with Crippen LogP contribution in [0.15, 0.2) is 23.1 Å². The van der Waals surface area contributed by atoms with Crippen LogP contribution in [0.25, 0.3) is 0 Å². The predicted octanol–water partition coefficient (Wildman–Crippen LogP) is 2.23. The van der Waals surface area contributed by atoms with E-state index in [1.165, 1.54) is 12.1 Å². The molecule has 1 aromatic carbocycles. The maximum atomic E-state index is 10.5. The Labute approximate surface area is 76.4 Å². The molecule has 5 heteroatoms. The van der Waals surface area contributed by atoms with Gasteiger partial charge in [0.25, 0.3) is 0 Å². The van der Waals surface area contributed by atoms with Crippen LogP contribution in [0.5, 0.6) is 0 Å². The van der Waals surface area contributed by atoms with Gasteiger partial charge in [0.2, 0.25) is 0 Å². The van der Waals surface area contributed by atoms with Crippen molar-refractivity contribution >= 4 is 34.3 Å². The molecule has 0 amide bonds. The number of hydrogen-bond acceptors (Lipinski definition) is 2. The van der Waals surface area contributed by atoms with Gasteiger partial charge in [0.1, 0.15) is 0 Å². The summed E-state index contributed by atoms with van der Waals surface area (Å²) in [6.45, 7) is 0. The van der Waals surface area contributed by atoms with E-state index in [0.29, 0.717) is 0 Å². The molecule has 0 N–H and O–H groups in total. The Morgan fingerprint density at radius 1 is 1.27 bits per heavy atom. The van der Waals surface area contributed by atoms with Gasteiger partial charge in [0, 0.05) is 0 Å². The summed E-state index contributed by atoms with van der Waals surface area (Å²) in [5, 5.41) is 0.289. The summed E-state index contributed by atoms with van der Waals surface area (Å²) in [7, 11) is 0. The quantitative estimate of drug-likeness (QED) is 0.666. The van der Waals surface area contributed by atoms with Crippen molar-refractivity contribution in [3.63, 3.8) is 0 Å². The summed E-state index contributed by atoms with van der Waals surface area (Å²) in [6, 6.07) is 4.53. The summed E-state index contributed by atoms with van der Waals surface area (Å²) in [4.78, 5) is -0.0455. The molecular formula is C6H3Cl2O2S-. The summed E-state index contributed by atoms with van der Waals surface area (Å²) in [5.74, 6) is 0. The van der Waals surface area contributed by atoms with Gasteiger partial charge in [-0.25, -0.2) is 0 Å². The van der Waals surface area contributed by atoms with E-state index in [-0.39, 0.29) is 14.9 Å². The fraction of sp³-hybridized carbons (Fsp3) is 0. The van der Waals surface area contributed by atoms with Gasteiger partial charge < -0.3 is 4.55 Å². The van der Waals surface area contributed by atoms with Crippen molar-refractivity contribution in [2.45, 2.75) is 4.90 Å². The van der Waals surface area contributed by atoms with E-state index >= 15 is 0 Å². The number of hydrogen-bond donors (Lipinski definition) is 0. The van der Waals surface area contributed by atoms with E-state index in [2.05, 4.69) is 0 Å². The third-order valence-corrected chi connectivity index (χ3v) is 2.71. The summed E-state index contributed by atoms with van der Waals surface area (Å²) in [5.41, 5.74) is 0.